The van der Waals surface area contributed by atoms with Gasteiger partial charge in [0.25, 0.3) is 5.91 Å². The van der Waals surface area contributed by atoms with Gasteiger partial charge in [-0.05, 0) is 53.7 Å². The van der Waals surface area contributed by atoms with Crippen molar-refractivity contribution in [2.24, 2.45) is 4.99 Å². The number of amides is 1. The summed E-state index contributed by atoms with van der Waals surface area (Å²) in [7, 11) is 0. The number of thioether (sulfide) groups is 1. The van der Waals surface area contributed by atoms with Crippen LogP contribution in [-0.4, -0.2) is 42.3 Å². The molecule has 1 amide bonds. The second-order valence-corrected chi connectivity index (χ2v) is 8.03. The summed E-state index contributed by atoms with van der Waals surface area (Å²) in [6.07, 6.45) is -3.33. The Kier molecular flexibility index (Phi) is 6.40. The fourth-order valence-electron chi connectivity index (χ4n) is 3.16. The molecule has 0 bridgehead atoms. The number of ether oxygens (including phenoxy) is 2. The van der Waals surface area contributed by atoms with Crippen LogP contribution in [0, 0.1) is 17.1 Å². The Morgan fingerprint density at radius 3 is 2.55 bits per heavy atom. The minimum atomic E-state index is -4.79. The fourth-order valence-corrected chi connectivity index (χ4v) is 4.12. The second-order valence-electron chi connectivity index (χ2n) is 7.02. The molecule has 1 saturated heterocycles. The van der Waals surface area contributed by atoms with Crippen LogP contribution in [-0.2, 0) is 15.7 Å². The highest BCUT2D eigenvalue weighted by Crippen LogP contribution is 2.39. The Bertz CT molecular complexity index is 1200. The van der Waals surface area contributed by atoms with Crippen LogP contribution in [0.15, 0.2) is 46.3 Å². The van der Waals surface area contributed by atoms with Crippen LogP contribution in [0.4, 0.5) is 17.6 Å². The molecule has 11 heteroatoms. The van der Waals surface area contributed by atoms with E-state index in [2.05, 4.69) is 4.99 Å². The van der Waals surface area contributed by atoms with Crippen molar-refractivity contribution in [2.45, 2.75) is 6.18 Å². The van der Waals surface area contributed by atoms with E-state index in [1.54, 1.807) is 6.07 Å². The van der Waals surface area contributed by atoms with Gasteiger partial charge in [0.05, 0.1) is 35.3 Å². The van der Waals surface area contributed by atoms with Crippen LogP contribution in [0.5, 0.6) is 11.5 Å². The fraction of sp³-hybridized carbons (Fsp3) is 0.227. The maximum Gasteiger partial charge on any atom is 0.420 e. The molecule has 2 aromatic rings. The lowest BCUT2D eigenvalue weighted by molar-refractivity contribution is -0.138. The molecular weight excluding hydrogens is 462 g/mol. The largest absolute Gasteiger partial charge is 0.454 e. The topological polar surface area (TPSA) is 74.9 Å². The third-order valence-corrected chi connectivity index (χ3v) is 5.82. The lowest BCUT2D eigenvalue weighted by Gasteiger charge is -2.27. The number of morpholine rings is 1. The number of carbonyl (C=O) groups is 1. The number of hydrogen-bond donors (Lipinski definition) is 0. The van der Waals surface area contributed by atoms with E-state index >= 15 is 0 Å². The lowest BCUT2D eigenvalue weighted by Crippen LogP contribution is -2.38. The van der Waals surface area contributed by atoms with Crippen LogP contribution in [0.2, 0.25) is 0 Å². The average Bonchev–Trinajstić information content (AvgIpc) is 3.16. The highest BCUT2D eigenvalue weighted by atomic mass is 32.2. The Hall–Kier alpha value is -3.36. The number of rotatable bonds is 3. The summed E-state index contributed by atoms with van der Waals surface area (Å²) < 4.78 is 65.0. The number of alkyl halides is 3. The van der Waals surface area contributed by atoms with E-state index in [0.717, 1.165) is 18.2 Å². The molecule has 6 nitrogen and oxygen atoms in total. The Labute approximate surface area is 190 Å². The predicted molar refractivity (Wildman–Crippen MR) is 113 cm³/mol. The number of carbonyl (C=O) groups excluding carboxylic acids is 1. The van der Waals surface area contributed by atoms with E-state index in [0.29, 0.717) is 48.0 Å². The monoisotopic (exact) mass is 477 g/mol. The molecule has 0 aromatic heterocycles. The Balaban J connectivity index is 1.53. The summed E-state index contributed by atoms with van der Waals surface area (Å²) in [6.45, 7) is 2.30. The van der Waals surface area contributed by atoms with Crippen LogP contribution in [0.25, 0.3) is 6.08 Å². The molecular formula is C22H15F4N3O3S. The zero-order valence-corrected chi connectivity index (χ0v) is 17.7. The van der Waals surface area contributed by atoms with Crippen molar-refractivity contribution in [3.05, 3.63) is 63.8 Å². The zero-order valence-electron chi connectivity index (χ0n) is 16.9. The third kappa shape index (κ3) is 5.18. The quantitative estimate of drug-likeness (QED) is 0.467. The van der Waals surface area contributed by atoms with Crippen molar-refractivity contribution in [1.82, 2.24) is 4.90 Å². The predicted octanol–water partition coefficient (Wildman–Crippen LogP) is 4.81. The zero-order chi connectivity index (χ0) is 23.6. The van der Waals surface area contributed by atoms with Gasteiger partial charge in [0.15, 0.2) is 16.7 Å². The van der Waals surface area contributed by atoms with Crippen molar-refractivity contribution >= 4 is 28.9 Å². The van der Waals surface area contributed by atoms with Gasteiger partial charge < -0.3 is 14.4 Å². The molecule has 0 N–H and O–H groups in total. The summed E-state index contributed by atoms with van der Waals surface area (Å²) >= 11 is 1.17. The molecule has 170 valence electrons. The first kappa shape index (κ1) is 22.8. The van der Waals surface area contributed by atoms with E-state index in [1.807, 2.05) is 4.90 Å². The first-order valence-electron chi connectivity index (χ1n) is 9.68. The molecule has 2 aromatic carbocycles. The van der Waals surface area contributed by atoms with Crippen LogP contribution >= 0.6 is 11.8 Å². The molecule has 0 unspecified atom stereocenters. The van der Waals surface area contributed by atoms with E-state index in [9.17, 15) is 22.4 Å². The molecule has 1 fully saturated rings. The van der Waals surface area contributed by atoms with Crippen molar-refractivity contribution in [2.75, 3.05) is 26.3 Å². The number of hydrogen-bond acceptors (Lipinski definition) is 6. The van der Waals surface area contributed by atoms with Gasteiger partial charge in [-0.2, -0.15) is 23.4 Å². The minimum Gasteiger partial charge on any atom is -0.454 e. The first-order chi connectivity index (χ1) is 15.7. The van der Waals surface area contributed by atoms with Gasteiger partial charge in [0, 0.05) is 13.1 Å². The van der Waals surface area contributed by atoms with Crippen molar-refractivity contribution in [1.29, 1.82) is 5.26 Å². The summed E-state index contributed by atoms with van der Waals surface area (Å²) in [6, 6.07) is 8.03. The van der Waals surface area contributed by atoms with Crippen molar-refractivity contribution < 1.29 is 31.8 Å². The molecule has 0 saturated carbocycles. The molecule has 0 aliphatic carbocycles. The molecule has 33 heavy (non-hydrogen) atoms. The summed E-state index contributed by atoms with van der Waals surface area (Å²) in [5, 5.41) is 9.39. The van der Waals surface area contributed by atoms with Crippen molar-refractivity contribution in [3.8, 4) is 17.6 Å². The number of nitriles is 1. The average molecular weight is 477 g/mol. The van der Waals surface area contributed by atoms with Crippen molar-refractivity contribution in [3.63, 3.8) is 0 Å². The summed E-state index contributed by atoms with van der Waals surface area (Å²) in [5.74, 6) is -2.42. The van der Waals surface area contributed by atoms with Gasteiger partial charge in [-0.25, -0.2) is 4.39 Å². The number of nitrogens with zero attached hydrogens (tertiary/aromatic N) is 3. The number of aliphatic imine (C=N–C) groups is 1. The van der Waals surface area contributed by atoms with Gasteiger partial charge in [-0.3, -0.25) is 4.79 Å². The van der Waals surface area contributed by atoms with E-state index in [4.69, 9.17) is 14.7 Å². The van der Waals surface area contributed by atoms with Gasteiger partial charge in [-0.15, -0.1) is 0 Å². The highest BCUT2D eigenvalue weighted by molar-refractivity contribution is 8.18. The van der Waals surface area contributed by atoms with E-state index in [1.165, 1.54) is 30.0 Å². The maximum atomic E-state index is 14.6. The SMILES string of the molecule is N#Cc1ccc(Oc2ccc(/C=C3\SC(N4CCOCC4)=NC3=O)cc2F)c(C(F)(F)F)c1. The highest BCUT2D eigenvalue weighted by Gasteiger charge is 2.35. The summed E-state index contributed by atoms with van der Waals surface area (Å²) in [4.78, 5) is 18.5. The number of amidine groups is 1. The Morgan fingerprint density at radius 2 is 1.88 bits per heavy atom. The molecule has 4 rings (SSSR count). The number of benzene rings is 2. The van der Waals surface area contributed by atoms with Crippen LogP contribution < -0.4 is 4.74 Å². The van der Waals surface area contributed by atoms with Gasteiger partial charge in [-0.1, -0.05) is 6.07 Å². The normalized spacial score (nSPS) is 17.8. The smallest absolute Gasteiger partial charge is 0.420 e. The molecule has 0 atom stereocenters. The first-order valence-corrected chi connectivity index (χ1v) is 10.5. The van der Waals surface area contributed by atoms with E-state index < -0.39 is 35.0 Å². The third-order valence-electron chi connectivity index (χ3n) is 4.78. The molecule has 2 heterocycles. The molecule has 0 spiro atoms. The summed E-state index contributed by atoms with van der Waals surface area (Å²) in [5.41, 5.74) is -1.06. The van der Waals surface area contributed by atoms with E-state index in [-0.39, 0.29) is 5.56 Å². The van der Waals surface area contributed by atoms with Crippen LogP contribution in [0.1, 0.15) is 16.7 Å². The second kappa shape index (κ2) is 9.25. The Morgan fingerprint density at radius 1 is 1.15 bits per heavy atom. The molecule has 2 aliphatic heterocycles. The lowest BCUT2D eigenvalue weighted by atomic mass is 10.1. The minimum absolute atomic E-state index is 0.200. The van der Waals surface area contributed by atoms with Crippen LogP contribution in [0.3, 0.4) is 0 Å². The van der Waals surface area contributed by atoms with Gasteiger partial charge >= 0.3 is 6.18 Å². The van der Waals surface area contributed by atoms with Gasteiger partial charge in [0.2, 0.25) is 0 Å². The number of halogens is 4. The van der Waals surface area contributed by atoms with Gasteiger partial charge in [0.1, 0.15) is 5.75 Å². The molecule has 0 radical (unpaired) electrons. The maximum absolute atomic E-state index is 14.6. The molecule has 2 aliphatic rings. The standard InChI is InChI=1S/C22H15F4N3O3S/c23-16-10-13(11-19-20(30)28-21(33-19)29-5-7-31-8-6-29)1-4-18(16)32-17-3-2-14(12-27)9-15(17)22(24,25)26/h1-4,9-11H,5-8H2/b19-11-.